The number of allylic oxidation sites excluding steroid dienone is 2. The van der Waals surface area contributed by atoms with E-state index in [0.717, 1.165) is 0 Å². The zero-order valence-electron chi connectivity index (χ0n) is 7.10. The second-order valence-electron chi connectivity index (χ2n) is 3.28. The smallest absolute Gasteiger partial charge is 0.170 e. The molecule has 0 aliphatic carbocycles. The van der Waals surface area contributed by atoms with Gasteiger partial charge < -0.3 is 5.11 Å². The van der Waals surface area contributed by atoms with E-state index in [1.165, 1.54) is 11.8 Å². The van der Waals surface area contributed by atoms with Crippen molar-refractivity contribution >= 4 is 21.6 Å². The molecule has 0 bridgehead atoms. The van der Waals surface area contributed by atoms with Crippen LogP contribution in [0.4, 0.5) is 0 Å². The van der Waals surface area contributed by atoms with Gasteiger partial charge in [0.05, 0.1) is 11.0 Å². The van der Waals surface area contributed by atoms with Gasteiger partial charge in [-0.1, -0.05) is 0 Å². The number of hydrogen-bond donors (Lipinski definition) is 1. The van der Waals surface area contributed by atoms with Gasteiger partial charge in [0.15, 0.2) is 9.84 Å². The van der Waals surface area contributed by atoms with Gasteiger partial charge in [0, 0.05) is 12.0 Å². The summed E-state index contributed by atoms with van der Waals surface area (Å²) < 4.78 is 22.9. The highest BCUT2D eigenvalue weighted by Crippen LogP contribution is 2.41. The molecule has 0 aromatic heterocycles. The van der Waals surface area contributed by atoms with Crippen LogP contribution in [0.2, 0.25) is 0 Å². The van der Waals surface area contributed by atoms with Crippen LogP contribution in [0.5, 0.6) is 0 Å². The maximum absolute atomic E-state index is 11.7. The van der Waals surface area contributed by atoms with Gasteiger partial charge in [-0.15, -0.1) is 11.8 Å². The molecule has 2 rings (SSSR count). The third-order valence-electron chi connectivity index (χ3n) is 2.38. The number of thioether (sulfide) groups is 1. The van der Waals surface area contributed by atoms with Gasteiger partial charge in [-0.3, -0.25) is 0 Å². The number of rotatable bonds is 0. The van der Waals surface area contributed by atoms with Crippen molar-refractivity contribution in [1.82, 2.24) is 0 Å². The molecule has 13 heavy (non-hydrogen) atoms. The molecule has 0 radical (unpaired) electrons. The predicted molar refractivity (Wildman–Crippen MR) is 53.2 cm³/mol. The summed E-state index contributed by atoms with van der Waals surface area (Å²) >= 11 is 1.25. The highest BCUT2D eigenvalue weighted by molar-refractivity contribution is 8.15. The Kier molecular flexibility index (Phi) is 1.96. The lowest BCUT2D eigenvalue weighted by Gasteiger charge is -2.24. The minimum atomic E-state index is -3.09. The van der Waals surface area contributed by atoms with Gasteiger partial charge in [0.25, 0.3) is 0 Å². The quantitative estimate of drug-likeness (QED) is 0.671. The number of aliphatic hydroxyl groups excluding tert-OH is 1. The number of fused-ring (bicyclic) bond motifs is 1. The zero-order valence-corrected chi connectivity index (χ0v) is 8.73. The van der Waals surface area contributed by atoms with E-state index in [0.29, 0.717) is 5.57 Å². The molecule has 3 nitrogen and oxygen atoms in total. The molecule has 5 heteroatoms. The number of aliphatic hydroxyl groups is 1. The predicted octanol–water partition coefficient (Wildman–Crippen LogP) is 1.59. The van der Waals surface area contributed by atoms with Crippen LogP contribution in [0, 0.1) is 0 Å². The summed E-state index contributed by atoms with van der Waals surface area (Å²) in [6.07, 6.45) is 1.94. The Bertz CT molecular complexity index is 392. The van der Waals surface area contributed by atoms with E-state index < -0.39 is 19.7 Å². The Morgan fingerprint density at radius 2 is 2.31 bits per heavy atom. The Hall–Kier alpha value is -0.420. The first kappa shape index (κ1) is 9.15. The Morgan fingerprint density at radius 3 is 3.00 bits per heavy atom. The summed E-state index contributed by atoms with van der Waals surface area (Å²) in [6, 6.07) is 0. The van der Waals surface area contributed by atoms with Crippen molar-refractivity contribution in [3.8, 4) is 0 Å². The SMILES string of the molecule is C[C@H]1CC(O)=C2C=CS[C@@H]2S1(=O)=O. The zero-order chi connectivity index (χ0) is 9.64. The molecule has 0 aromatic carbocycles. The molecule has 2 heterocycles. The summed E-state index contributed by atoms with van der Waals surface area (Å²) in [6.45, 7) is 1.64. The van der Waals surface area contributed by atoms with Gasteiger partial charge in [-0.05, 0) is 18.4 Å². The molecule has 0 fully saturated rings. The summed E-state index contributed by atoms with van der Waals surface area (Å²) in [5.74, 6) is 0.230. The van der Waals surface area contributed by atoms with Crippen molar-refractivity contribution in [1.29, 1.82) is 0 Å². The second-order valence-corrected chi connectivity index (χ2v) is 7.04. The van der Waals surface area contributed by atoms with Crippen molar-refractivity contribution in [2.24, 2.45) is 0 Å². The summed E-state index contributed by atoms with van der Waals surface area (Å²) in [7, 11) is -3.09. The molecule has 0 saturated heterocycles. The molecule has 0 unspecified atom stereocenters. The second kappa shape index (κ2) is 2.78. The van der Waals surface area contributed by atoms with Crippen molar-refractivity contribution in [2.45, 2.75) is 23.2 Å². The number of sulfone groups is 1. The van der Waals surface area contributed by atoms with Gasteiger partial charge in [0.2, 0.25) is 0 Å². The maximum atomic E-state index is 11.7. The van der Waals surface area contributed by atoms with Gasteiger partial charge in [-0.25, -0.2) is 8.42 Å². The van der Waals surface area contributed by atoms with Gasteiger partial charge >= 0.3 is 0 Å². The van der Waals surface area contributed by atoms with Crippen molar-refractivity contribution in [3.63, 3.8) is 0 Å². The first-order valence-electron chi connectivity index (χ1n) is 4.00. The maximum Gasteiger partial charge on any atom is 0.170 e. The summed E-state index contributed by atoms with van der Waals surface area (Å²) in [4.78, 5) is 0. The molecule has 0 aromatic rings. The third kappa shape index (κ3) is 1.21. The van der Waals surface area contributed by atoms with Crippen molar-refractivity contribution < 1.29 is 13.5 Å². The van der Waals surface area contributed by atoms with Crippen LogP contribution in [-0.4, -0.2) is 23.4 Å². The molecule has 2 aliphatic heterocycles. The lowest BCUT2D eigenvalue weighted by Crippen LogP contribution is -2.33. The summed E-state index contributed by atoms with van der Waals surface area (Å²) in [5, 5.41) is 10.8. The summed E-state index contributed by atoms with van der Waals surface area (Å²) in [5.41, 5.74) is 0.572. The monoisotopic (exact) mass is 218 g/mol. The lowest BCUT2D eigenvalue weighted by molar-refractivity contribution is 0.376. The van der Waals surface area contributed by atoms with E-state index >= 15 is 0 Å². The molecule has 0 spiro atoms. The first-order valence-corrected chi connectivity index (χ1v) is 6.55. The van der Waals surface area contributed by atoms with E-state index in [1.807, 2.05) is 0 Å². The molecule has 1 N–H and O–H groups in total. The normalized spacial score (nSPS) is 36.4. The van der Waals surface area contributed by atoms with E-state index in [4.69, 9.17) is 0 Å². The standard InChI is InChI=1S/C8H10O3S2/c1-5-4-7(9)6-2-3-12-8(6)13(5,10)11/h2-3,5,8-9H,4H2,1H3/t5-,8+/m0/s1. The number of hydrogen-bond acceptors (Lipinski definition) is 4. The Morgan fingerprint density at radius 1 is 1.62 bits per heavy atom. The van der Waals surface area contributed by atoms with E-state index in [2.05, 4.69) is 0 Å². The molecular weight excluding hydrogens is 208 g/mol. The van der Waals surface area contributed by atoms with E-state index in [-0.39, 0.29) is 12.2 Å². The molecule has 0 amide bonds. The van der Waals surface area contributed by atoms with Crippen LogP contribution >= 0.6 is 11.8 Å². The van der Waals surface area contributed by atoms with Crippen LogP contribution in [0.25, 0.3) is 0 Å². The van der Waals surface area contributed by atoms with E-state index in [1.54, 1.807) is 18.4 Å². The fourth-order valence-corrected chi connectivity index (χ4v) is 5.03. The topological polar surface area (TPSA) is 54.4 Å². The Labute approximate surface area is 81.4 Å². The lowest BCUT2D eigenvalue weighted by atomic mass is 10.1. The highest BCUT2D eigenvalue weighted by Gasteiger charge is 2.41. The third-order valence-corrected chi connectivity index (χ3v) is 6.45. The van der Waals surface area contributed by atoms with E-state index in [9.17, 15) is 13.5 Å². The van der Waals surface area contributed by atoms with Gasteiger partial charge in [-0.2, -0.15) is 0 Å². The van der Waals surface area contributed by atoms with Crippen LogP contribution in [0.15, 0.2) is 22.8 Å². The minimum Gasteiger partial charge on any atom is -0.512 e. The molecule has 2 atom stereocenters. The minimum absolute atomic E-state index is 0.230. The molecule has 72 valence electrons. The molecule has 2 aliphatic rings. The molecular formula is C8H10O3S2. The van der Waals surface area contributed by atoms with Crippen molar-refractivity contribution in [3.05, 3.63) is 22.8 Å². The fraction of sp³-hybridized carbons (Fsp3) is 0.500. The molecule has 0 saturated carbocycles. The Balaban J connectivity index is 2.54. The van der Waals surface area contributed by atoms with Crippen LogP contribution in [0.1, 0.15) is 13.3 Å². The fourth-order valence-electron chi connectivity index (χ4n) is 1.54. The first-order chi connectivity index (χ1) is 6.03. The van der Waals surface area contributed by atoms with Crippen LogP contribution in [-0.2, 0) is 9.84 Å². The van der Waals surface area contributed by atoms with Crippen LogP contribution in [0.3, 0.4) is 0 Å². The highest BCUT2D eigenvalue weighted by atomic mass is 32.3. The average molecular weight is 218 g/mol. The van der Waals surface area contributed by atoms with Crippen molar-refractivity contribution in [2.75, 3.05) is 0 Å². The largest absolute Gasteiger partial charge is 0.512 e. The van der Waals surface area contributed by atoms with Gasteiger partial charge in [0.1, 0.15) is 4.58 Å². The average Bonchev–Trinajstić information content (AvgIpc) is 2.49. The van der Waals surface area contributed by atoms with Crippen LogP contribution < -0.4 is 0 Å².